The van der Waals surface area contributed by atoms with Crippen LogP contribution in [-0.2, 0) is 16.2 Å². The van der Waals surface area contributed by atoms with Gasteiger partial charge < -0.3 is 27.9 Å². The molecule has 3 spiro atoms. The number of benzene rings is 19. The fourth-order valence-electron chi connectivity index (χ4n) is 23.2. The van der Waals surface area contributed by atoms with Gasteiger partial charge in [-0.1, -0.05) is 309 Å². The first-order chi connectivity index (χ1) is 59.0. The van der Waals surface area contributed by atoms with Gasteiger partial charge in [-0.05, 0) is 174 Å². The summed E-state index contributed by atoms with van der Waals surface area (Å²) in [5.41, 5.74) is 30.9. The summed E-state index contributed by atoms with van der Waals surface area (Å²) in [5.74, 6) is 5.13. The van der Waals surface area contributed by atoms with Gasteiger partial charge >= 0.3 is 0 Å². The highest BCUT2D eigenvalue weighted by Crippen LogP contribution is 2.67. The third-order valence-corrected chi connectivity index (χ3v) is 27.8. The van der Waals surface area contributed by atoms with Gasteiger partial charge in [-0.3, -0.25) is 0 Å². The average Bonchev–Trinajstić information content (AvgIpc) is 1.66. The van der Waals surface area contributed by atoms with Gasteiger partial charge in [0.05, 0.1) is 66.4 Å². The molecule has 0 saturated heterocycles. The van der Waals surface area contributed by atoms with Crippen LogP contribution in [0.3, 0.4) is 0 Å². The molecule has 9 heterocycles. The fourth-order valence-corrected chi connectivity index (χ4v) is 23.2. The number of hydrogen-bond acceptors (Lipinski definition) is 3. The second-order valence-electron chi connectivity index (χ2n) is 33.0. The zero-order chi connectivity index (χ0) is 77.3. The van der Waals surface area contributed by atoms with Gasteiger partial charge in [-0.15, -0.1) is 0 Å². The third-order valence-electron chi connectivity index (χ3n) is 27.8. The van der Waals surface area contributed by atoms with Crippen LogP contribution in [0.15, 0.2) is 394 Å². The van der Waals surface area contributed by atoms with Gasteiger partial charge in [0.25, 0.3) is 0 Å². The number of fused-ring (bicyclic) bond motifs is 37. The van der Waals surface area contributed by atoms with Crippen molar-refractivity contribution in [2.24, 2.45) is 0 Å². The summed E-state index contributed by atoms with van der Waals surface area (Å²) in [6, 6.07) is 148. The Morgan fingerprint density at radius 3 is 1.22 bits per heavy atom. The molecule has 0 aliphatic carbocycles. The Kier molecular flexibility index (Phi) is 12.3. The summed E-state index contributed by atoms with van der Waals surface area (Å²) in [5, 5.41) is 11.6. The van der Waals surface area contributed by atoms with Gasteiger partial charge in [0, 0.05) is 76.5 Å². The van der Waals surface area contributed by atoms with E-state index in [9.17, 15) is 0 Å². The van der Waals surface area contributed by atoms with Crippen molar-refractivity contribution in [1.82, 2.24) is 13.7 Å². The highest BCUT2D eigenvalue weighted by molar-refractivity contribution is 6.18. The highest BCUT2D eigenvalue weighted by Gasteiger charge is 2.55. The van der Waals surface area contributed by atoms with Gasteiger partial charge in [-0.25, -0.2) is 0 Å². The molecule has 3 aromatic heterocycles. The molecule has 0 radical (unpaired) electrons. The van der Waals surface area contributed by atoms with Crippen molar-refractivity contribution in [1.29, 1.82) is 0 Å². The molecule has 2 unspecified atom stereocenters. The minimum atomic E-state index is -0.925. The average molecular weight is 1510 g/mol. The van der Waals surface area contributed by atoms with Crippen LogP contribution in [0.25, 0.3) is 149 Å². The van der Waals surface area contributed by atoms with Crippen LogP contribution in [0.4, 0.5) is 0 Å². The summed E-state index contributed by atoms with van der Waals surface area (Å²) >= 11 is 0. The number of para-hydroxylation sites is 9. The maximum Gasteiger partial charge on any atom is 0.140 e. The topological polar surface area (TPSA) is 42.5 Å². The summed E-state index contributed by atoms with van der Waals surface area (Å²) in [6.07, 6.45) is 0. The van der Waals surface area contributed by atoms with E-state index in [1.807, 2.05) is 0 Å². The first-order valence-electron chi connectivity index (χ1n) is 41.3. The van der Waals surface area contributed by atoms with Crippen molar-refractivity contribution in [3.8, 4) is 96.1 Å². The van der Waals surface area contributed by atoms with Crippen molar-refractivity contribution >= 4 is 87.0 Å². The molecule has 6 aliphatic heterocycles. The maximum atomic E-state index is 7.89. The van der Waals surface area contributed by atoms with E-state index in [-0.39, 0.29) is 0 Å². The van der Waals surface area contributed by atoms with Crippen molar-refractivity contribution in [3.63, 3.8) is 0 Å². The van der Waals surface area contributed by atoms with E-state index in [4.69, 9.17) is 14.2 Å². The molecule has 0 fully saturated rings. The van der Waals surface area contributed by atoms with Crippen molar-refractivity contribution in [3.05, 3.63) is 461 Å². The standard InChI is InChI=1S/C113H65N3O3/c1-3-25-66(26-4-1)70-55-60-103-93(63-70)113(94-64-79(67-27-5-2-6-28-67)80(65-104(94)118-103)72-54-59-97-82(62-72)78-35-23-42-88-107(78)115(97)98-46-16-10-37-83(98)111(88)86-40-13-19-49-101(86)117-102-50-20-14-41-87(102)111)85-39-12-18-48-100(85)116-96-58-53-71(61-81(96)77-36-24-44-90(113)108(77)116)73-33-21-30-69-52-57-92-110(105(69)73)119-109-74-31-8-7-29-68(74)51-56-91(109)112(92)84-38-11-17-47-99(84)114-95-45-15-9-32-75(95)76-34-22-43-89(112)106(76)114/h1-65H. The second kappa shape index (κ2) is 23.0. The smallest absolute Gasteiger partial charge is 0.140 e. The molecule has 19 aromatic carbocycles. The zero-order valence-electron chi connectivity index (χ0n) is 64.1. The molecule has 2 atom stereocenters. The van der Waals surface area contributed by atoms with Crippen LogP contribution in [0.2, 0.25) is 0 Å². The lowest BCUT2D eigenvalue weighted by molar-refractivity contribution is 0.434. The summed E-state index contributed by atoms with van der Waals surface area (Å²) in [7, 11) is 0. The monoisotopic (exact) mass is 1510 g/mol. The van der Waals surface area contributed by atoms with Crippen LogP contribution in [0.5, 0.6) is 34.5 Å². The number of rotatable bonds is 4. The molecular weight excluding hydrogens is 1450 g/mol. The Morgan fingerprint density at radius 1 is 0.185 bits per heavy atom. The van der Waals surface area contributed by atoms with Gasteiger partial charge in [0.15, 0.2) is 0 Å². The fraction of sp³-hybridized carbons (Fsp3) is 0.0265. The third kappa shape index (κ3) is 7.88. The molecule has 550 valence electrons. The Bertz CT molecular complexity index is 8320. The lowest BCUT2D eigenvalue weighted by atomic mass is 9.61. The summed E-state index contributed by atoms with van der Waals surface area (Å²) in [6.45, 7) is 0. The Balaban J connectivity index is 0.675. The Hall–Kier alpha value is -15.5. The lowest BCUT2D eigenvalue weighted by Gasteiger charge is -2.45. The zero-order valence-corrected chi connectivity index (χ0v) is 64.1. The highest BCUT2D eigenvalue weighted by atomic mass is 16.5. The van der Waals surface area contributed by atoms with Crippen molar-refractivity contribution in [2.45, 2.75) is 16.2 Å². The second-order valence-corrected chi connectivity index (χ2v) is 33.0. The van der Waals surface area contributed by atoms with Crippen molar-refractivity contribution in [2.75, 3.05) is 0 Å². The summed E-state index contributed by atoms with van der Waals surface area (Å²) < 4.78 is 30.0. The maximum absolute atomic E-state index is 7.89. The van der Waals surface area contributed by atoms with E-state index >= 15 is 0 Å². The van der Waals surface area contributed by atoms with E-state index in [0.717, 1.165) is 167 Å². The lowest BCUT2D eigenvalue weighted by Crippen LogP contribution is -2.38. The molecule has 6 nitrogen and oxygen atoms in total. The first kappa shape index (κ1) is 63.9. The van der Waals surface area contributed by atoms with Gasteiger partial charge in [0.2, 0.25) is 0 Å². The Morgan fingerprint density at radius 2 is 0.597 bits per heavy atom. The largest absolute Gasteiger partial charge is 0.457 e. The molecule has 6 aliphatic rings. The van der Waals surface area contributed by atoms with Crippen LogP contribution < -0.4 is 14.2 Å². The number of aromatic nitrogens is 3. The molecular formula is C113H65N3O3. The quantitative estimate of drug-likeness (QED) is 0.176. The minimum absolute atomic E-state index is 0.659. The molecule has 119 heavy (non-hydrogen) atoms. The SMILES string of the molecule is c1ccc(-c2ccc3c(c2)C2(c4cc(-c5ccccc5)c(-c5ccc6c(c5)c5cccc7c5n6-c5ccccc5C75c6ccccc6Oc6ccccc65)cc4O3)c3ccccc3-n3c4ccc(-c5cccc6ccc7c(c56)Oc5c(ccc6ccccc56)C75c6ccccc6-n6c7ccccc7c7cccc5c76)cc4c4cccc2c43)cc1. The van der Waals surface area contributed by atoms with Crippen LogP contribution in [0.1, 0.15) is 66.8 Å². The number of ether oxygens (including phenoxy) is 3. The molecule has 0 bridgehead atoms. The van der Waals surface area contributed by atoms with E-state index in [2.05, 4.69) is 408 Å². The van der Waals surface area contributed by atoms with Gasteiger partial charge in [-0.2, -0.15) is 0 Å². The minimum Gasteiger partial charge on any atom is -0.457 e. The molecule has 0 saturated carbocycles. The van der Waals surface area contributed by atoms with Crippen LogP contribution in [0, 0.1) is 0 Å². The van der Waals surface area contributed by atoms with E-state index < -0.39 is 16.2 Å². The first-order valence-corrected chi connectivity index (χ1v) is 41.3. The summed E-state index contributed by atoms with van der Waals surface area (Å²) in [4.78, 5) is 0. The van der Waals surface area contributed by atoms with Crippen LogP contribution in [-0.4, -0.2) is 13.7 Å². The molecule has 0 N–H and O–H groups in total. The molecule has 28 rings (SSSR count). The molecule has 6 heteroatoms. The van der Waals surface area contributed by atoms with E-state index in [1.165, 1.54) is 82.5 Å². The van der Waals surface area contributed by atoms with E-state index in [0.29, 0.717) is 0 Å². The molecule has 22 aromatic rings. The number of nitrogens with zero attached hydrogens (tertiary/aromatic N) is 3. The Labute approximate surface area is 683 Å². The van der Waals surface area contributed by atoms with E-state index in [1.54, 1.807) is 0 Å². The number of hydrogen-bond donors (Lipinski definition) is 0. The van der Waals surface area contributed by atoms with Crippen LogP contribution >= 0.6 is 0 Å². The van der Waals surface area contributed by atoms with Gasteiger partial charge in [0.1, 0.15) is 34.5 Å². The predicted octanol–water partition coefficient (Wildman–Crippen LogP) is 28.4. The normalized spacial score (nSPS) is 16.1. The predicted molar refractivity (Wildman–Crippen MR) is 482 cm³/mol. The van der Waals surface area contributed by atoms with Crippen molar-refractivity contribution < 1.29 is 14.2 Å². The molecule has 0 amide bonds.